The van der Waals surface area contributed by atoms with E-state index in [1.165, 1.54) is 13.4 Å². The summed E-state index contributed by atoms with van der Waals surface area (Å²) >= 11 is 0. The fourth-order valence-electron chi connectivity index (χ4n) is 3.27. The number of primary amides is 1. The molecule has 1 atom stereocenters. The molecule has 1 aliphatic heterocycles. The van der Waals surface area contributed by atoms with Crippen molar-refractivity contribution in [2.45, 2.75) is 12.8 Å². The van der Waals surface area contributed by atoms with Crippen molar-refractivity contribution in [1.29, 1.82) is 0 Å². The number of amides is 1. The van der Waals surface area contributed by atoms with Crippen LogP contribution in [0.25, 0.3) is 11.3 Å². The summed E-state index contributed by atoms with van der Waals surface area (Å²) in [5.74, 6) is 1.50. The molecular weight excluding hydrogens is 400 g/mol. The van der Waals surface area contributed by atoms with Gasteiger partial charge in [0.15, 0.2) is 5.75 Å². The van der Waals surface area contributed by atoms with E-state index < -0.39 is 5.91 Å². The molecule has 4 heterocycles. The summed E-state index contributed by atoms with van der Waals surface area (Å²) in [6, 6.07) is 5.31. The first-order chi connectivity index (χ1) is 15.1. The van der Waals surface area contributed by atoms with Crippen LogP contribution in [-0.2, 0) is 0 Å². The maximum atomic E-state index is 11.7. The number of fused-ring (bicyclic) bond motifs is 1. The lowest BCUT2D eigenvalue weighted by Gasteiger charge is -2.22. The number of nitrogens with zero attached hydrogens (tertiary/aromatic N) is 4. The molecule has 0 spiro atoms. The summed E-state index contributed by atoms with van der Waals surface area (Å²) in [4.78, 5) is 28.6. The number of ether oxygens (including phenoxy) is 3. The molecule has 0 unspecified atom stereocenters. The average molecular weight is 422 g/mol. The highest BCUT2D eigenvalue weighted by Crippen LogP contribution is 2.35. The van der Waals surface area contributed by atoms with Gasteiger partial charge in [-0.05, 0) is 12.1 Å². The van der Waals surface area contributed by atoms with Crippen LogP contribution in [0, 0.1) is 0 Å². The van der Waals surface area contributed by atoms with Gasteiger partial charge in [0, 0.05) is 42.0 Å². The number of aromatic nitrogens is 4. The molecule has 0 aromatic carbocycles. The lowest BCUT2D eigenvalue weighted by Crippen LogP contribution is -2.19. The molecule has 0 fully saturated rings. The van der Waals surface area contributed by atoms with E-state index in [1.54, 1.807) is 24.5 Å². The quantitative estimate of drug-likeness (QED) is 0.586. The highest BCUT2D eigenvalue weighted by atomic mass is 16.6. The fraction of sp³-hybridized carbons (Fsp3) is 0.286. The van der Waals surface area contributed by atoms with Gasteiger partial charge in [-0.2, -0.15) is 0 Å². The van der Waals surface area contributed by atoms with Gasteiger partial charge in [-0.25, -0.2) is 19.9 Å². The third-order valence-corrected chi connectivity index (χ3v) is 4.86. The van der Waals surface area contributed by atoms with Crippen LogP contribution < -0.4 is 25.3 Å². The van der Waals surface area contributed by atoms with Crippen LogP contribution in [0.2, 0.25) is 0 Å². The molecular formula is C21H22N6O4. The summed E-state index contributed by atoms with van der Waals surface area (Å²) in [6.45, 7) is 3.68. The van der Waals surface area contributed by atoms with Gasteiger partial charge in [0.25, 0.3) is 11.8 Å². The Bertz CT molecular complexity index is 1110. The minimum atomic E-state index is -0.626. The Labute approximate surface area is 178 Å². The normalized spacial score (nSPS) is 13.4. The van der Waals surface area contributed by atoms with Crippen molar-refractivity contribution in [3.05, 3.63) is 48.0 Å². The second-order valence-corrected chi connectivity index (χ2v) is 6.95. The molecule has 10 nitrogen and oxygen atoms in total. The summed E-state index contributed by atoms with van der Waals surface area (Å²) in [5.41, 5.74) is 7.85. The third kappa shape index (κ3) is 4.32. The van der Waals surface area contributed by atoms with E-state index in [4.69, 9.17) is 19.9 Å². The van der Waals surface area contributed by atoms with Gasteiger partial charge in [0.1, 0.15) is 30.9 Å². The highest BCUT2D eigenvalue weighted by Gasteiger charge is 2.21. The molecule has 4 rings (SSSR count). The molecule has 160 valence electrons. The largest absolute Gasteiger partial charge is 0.484 e. The molecule has 0 aliphatic carbocycles. The first kappa shape index (κ1) is 20.3. The lowest BCUT2D eigenvalue weighted by molar-refractivity contribution is 0.0996. The van der Waals surface area contributed by atoms with Crippen LogP contribution in [0.5, 0.6) is 17.5 Å². The second kappa shape index (κ2) is 8.82. The molecule has 1 amide bonds. The first-order valence-corrected chi connectivity index (χ1v) is 9.71. The molecule has 1 aliphatic rings. The maximum Gasteiger partial charge on any atom is 0.257 e. The lowest BCUT2D eigenvalue weighted by atomic mass is 10.0. The molecule has 31 heavy (non-hydrogen) atoms. The Morgan fingerprint density at radius 2 is 2.06 bits per heavy atom. The van der Waals surface area contributed by atoms with Gasteiger partial charge >= 0.3 is 0 Å². The predicted molar refractivity (Wildman–Crippen MR) is 112 cm³/mol. The summed E-state index contributed by atoms with van der Waals surface area (Å²) in [6.07, 6.45) is 4.73. The molecule has 3 aromatic rings. The van der Waals surface area contributed by atoms with Gasteiger partial charge < -0.3 is 25.3 Å². The number of anilines is 1. The van der Waals surface area contributed by atoms with E-state index in [2.05, 4.69) is 32.2 Å². The Hall–Kier alpha value is -3.95. The van der Waals surface area contributed by atoms with E-state index >= 15 is 0 Å². The third-order valence-electron chi connectivity index (χ3n) is 4.86. The fourth-order valence-corrected chi connectivity index (χ4v) is 3.27. The monoisotopic (exact) mass is 422 g/mol. The molecule has 0 bridgehead atoms. The van der Waals surface area contributed by atoms with E-state index in [1.807, 2.05) is 6.07 Å². The summed E-state index contributed by atoms with van der Waals surface area (Å²) in [5, 5.41) is 3.32. The smallest absolute Gasteiger partial charge is 0.257 e. The number of nitrogens with two attached hydrogens (primary N) is 1. The summed E-state index contributed by atoms with van der Waals surface area (Å²) < 4.78 is 16.4. The Kier molecular flexibility index (Phi) is 5.78. The van der Waals surface area contributed by atoms with Gasteiger partial charge in [-0.3, -0.25) is 4.79 Å². The minimum absolute atomic E-state index is 0.112. The number of hydrogen-bond acceptors (Lipinski definition) is 9. The standard InChI is InChI=1S/C21H22N6O4/c1-12(14-3-4-23-21-18(14)30-5-6-31-21)9-24-17-8-16(26-11-27-17)13-7-15(19(22)28)20(29-2)25-10-13/h3-4,7-8,10-12H,5-6,9H2,1-2H3,(H2,22,28)(H,24,26,27)/t12-/m1/s1. The zero-order valence-corrected chi connectivity index (χ0v) is 17.2. The van der Waals surface area contributed by atoms with E-state index in [9.17, 15) is 4.79 Å². The Morgan fingerprint density at radius 3 is 2.87 bits per heavy atom. The number of hydrogen-bond donors (Lipinski definition) is 2. The van der Waals surface area contributed by atoms with E-state index in [0.717, 1.165) is 5.56 Å². The predicted octanol–water partition coefficient (Wildman–Crippen LogP) is 2.03. The van der Waals surface area contributed by atoms with Crippen molar-refractivity contribution in [3.63, 3.8) is 0 Å². The van der Waals surface area contributed by atoms with Crippen LogP contribution in [0.3, 0.4) is 0 Å². The van der Waals surface area contributed by atoms with Gasteiger partial charge in [-0.15, -0.1) is 0 Å². The van der Waals surface area contributed by atoms with Crippen molar-refractivity contribution in [2.24, 2.45) is 5.73 Å². The van der Waals surface area contributed by atoms with Crippen molar-refractivity contribution in [3.8, 4) is 28.8 Å². The van der Waals surface area contributed by atoms with Crippen LogP contribution in [0.15, 0.2) is 36.9 Å². The Balaban J connectivity index is 1.51. The number of carbonyl (C=O) groups excluding carboxylic acids is 1. The SMILES string of the molecule is COc1ncc(-c2cc(NC[C@@H](C)c3ccnc4c3OCCO4)ncn2)cc1C(N)=O. The van der Waals surface area contributed by atoms with Crippen LogP contribution in [0.4, 0.5) is 5.82 Å². The molecule has 10 heteroatoms. The first-order valence-electron chi connectivity index (χ1n) is 9.71. The molecule has 0 saturated carbocycles. The zero-order valence-electron chi connectivity index (χ0n) is 17.2. The van der Waals surface area contributed by atoms with Crippen molar-refractivity contribution < 1.29 is 19.0 Å². The average Bonchev–Trinajstić information content (AvgIpc) is 2.81. The van der Waals surface area contributed by atoms with Crippen LogP contribution >= 0.6 is 0 Å². The number of nitrogens with one attached hydrogen (secondary N) is 1. The van der Waals surface area contributed by atoms with E-state index in [0.29, 0.717) is 48.5 Å². The zero-order chi connectivity index (χ0) is 21.8. The van der Waals surface area contributed by atoms with Crippen molar-refractivity contribution in [1.82, 2.24) is 19.9 Å². The van der Waals surface area contributed by atoms with Gasteiger partial charge in [0.2, 0.25) is 5.88 Å². The van der Waals surface area contributed by atoms with Crippen LogP contribution in [0.1, 0.15) is 28.8 Å². The van der Waals surface area contributed by atoms with Crippen molar-refractivity contribution >= 4 is 11.7 Å². The number of methoxy groups -OCH3 is 1. The van der Waals surface area contributed by atoms with Crippen LogP contribution in [-0.4, -0.2) is 52.7 Å². The Morgan fingerprint density at radius 1 is 1.23 bits per heavy atom. The minimum Gasteiger partial charge on any atom is -0.484 e. The van der Waals surface area contributed by atoms with Gasteiger partial charge in [-0.1, -0.05) is 6.92 Å². The highest BCUT2D eigenvalue weighted by molar-refractivity contribution is 5.96. The summed E-state index contributed by atoms with van der Waals surface area (Å²) in [7, 11) is 1.43. The molecule has 3 aromatic heterocycles. The molecule has 3 N–H and O–H groups in total. The van der Waals surface area contributed by atoms with Crippen molar-refractivity contribution in [2.75, 3.05) is 32.2 Å². The maximum absolute atomic E-state index is 11.7. The number of rotatable bonds is 7. The molecule has 0 saturated heterocycles. The van der Waals surface area contributed by atoms with Gasteiger partial charge in [0.05, 0.1) is 12.8 Å². The number of carbonyl (C=O) groups is 1. The topological polar surface area (TPSA) is 134 Å². The van der Waals surface area contributed by atoms with E-state index in [-0.39, 0.29) is 17.4 Å². The number of pyridine rings is 2. The molecule has 0 radical (unpaired) electrons. The second-order valence-electron chi connectivity index (χ2n) is 6.95.